The van der Waals surface area contributed by atoms with E-state index in [4.69, 9.17) is 0 Å². The van der Waals surface area contributed by atoms with Gasteiger partial charge in [0, 0.05) is 44.6 Å². The highest BCUT2D eigenvalue weighted by molar-refractivity contribution is 7.88. The van der Waals surface area contributed by atoms with Gasteiger partial charge in [0.15, 0.2) is 0 Å². The topological polar surface area (TPSA) is 67.2 Å². The number of aryl methyl sites for hydroxylation is 1. The lowest BCUT2D eigenvalue weighted by atomic mass is 10.2. The van der Waals surface area contributed by atoms with E-state index in [1.165, 1.54) is 16.4 Å². The summed E-state index contributed by atoms with van der Waals surface area (Å²) in [6.45, 7) is 1.40. The molecule has 124 valence electrons. The highest BCUT2D eigenvalue weighted by Crippen LogP contribution is 2.26. The lowest BCUT2D eigenvalue weighted by Gasteiger charge is -2.34. The molecule has 0 bridgehead atoms. The molecule has 1 aliphatic rings. The average Bonchev–Trinajstić information content (AvgIpc) is 2.95. The Bertz CT molecular complexity index is 790. The number of nitrogens with one attached hydrogen (secondary N) is 1. The van der Waals surface area contributed by atoms with Gasteiger partial charge in [-0.05, 0) is 6.07 Å². The van der Waals surface area contributed by atoms with E-state index >= 15 is 0 Å². The van der Waals surface area contributed by atoms with Gasteiger partial charge >= 0.3 is 0 Å². The second-order valence-electron chi connectivity index (χ2n) is 5.57. The Morgan fingerprint density at radius 2 is 2.17 bits per heavy atom. The number of benzene rings is 1. The Balaban J connectivity index is 1.90. The molecule has 8 heteroatoms. The van der Waals surface area contributed by atoms with E-state index in [0.717, 1.165) is 0 Å². The van der Waals surface area contributed by atoms with Crippen molar-refractivity contribution in [1.82, 2.24) is 19.2 Å². The van der Waals surface area contributed by atoms with Crippen LogP contribution in [0.3, 0.4) is 0 Å². The highest BCUT2D eigenvalue weighted by Gasteiger charge is 2.35. The fraction of sp³-hybridized carbons (Fsp3) is 0.400. The molecule has 0 radical (unpaired) electrons. The van der Waals surface area contributed by atoms with Gasteiger partial charge in [-0.1, -0.05) is 18.2 Å². The van der Waals surface area contributed by atoms with Gasteiger partial charge in [-0.2, -0.15) is 4.31 Å². The van der Waals surface area contributed by atoms with Gasteiger partial charge in [0.25, 0.3) is 0 Å². The summed E-state index contributed by atoms with van der Waals surface area (Å²) < 4.78 is 42.7. The molecule has 1 atom stereocenters. The van der Waals surface area contributed by atoms with Crippen LogP contribution in [-0.2, 0) is 22.8 Å². The molecule has 1 saturated heterocycles. The Hall–Kier alpha value is -1.77. The first-order valence-electron chi connectivity index (χ1n) is 7.40. The fourth-order valence-corrected chi connectivity index (χ4v) is 4.55. The van der Waals surface area contributed by atoms with Crippen LogP contribution in [0, 0.1) is 5.82 Å². The van der Waals surface area contributed by atoms with Gasteiger partial charge in [0.2, 0.25) is 10.0 Å². The molecule has 2 aromatic rings. The molecular weight excluding hydrogens is 319 g/mol. The molecule has 1 N–H and O–H groups in total. The van der Waals surface area contributed by atoms with E-state index in [1.807, 2.05) is 11.6 Å². The van der Waals surface area contributed by atoms with Crippen LogP contribution in [0.2, 0.25) is 0 Å². The number of imidazole rings is 1. The molecular formula is C15H19FN4O2S. The number of piperazine rings is 1. The van der Waals surface area contributed by atoms with Crippen LogP contribution in [-0.4, -0.2) is 41.9 Å². The lowest BCUT2D eigenvalue weighted by molar-refractivity contribution is 0.258. The standard InChI is InChI=1S/C15H19FN4O2S/c1-19-8-7-18-15(19)14-10-17-6-9-20(14)23(21,22)11-12-4-2-3-5-13(12)16/h2-5,7-8,14,17H,6,9-11H2,1H3. The van der Waals surface area contributed by atoms with Crippen LogP contribution in [0.1, 0.15) is 17.4 Å². The monoisotopic (exact) mass is 338 g/mol. The fourth-order valence-electron chi connectivity index (χ4n) is 2.83. The SMILES string of the molecule is Cn1ccnc1C1CNCCN1S(=O)(=O)Cc1ccccc1F. The van der Waals surface area contributed by atoms with Crippen LogP contribution in [0.5, 0.6) is 0 Å². The molecule has 0 spiro atoms. The van der Waals surface area contributed by atoms with Crippen LogP contribution in [0.15, 0.2) is 36.7 Å². The zero-order chi connectivity index (χ0) is 16.4. The summed E-state index contributed by atoms with van der Waals surface area (Å²) in [5.41, 5.74) is 0.185. The van der Waals surface area contributed by atoms with Crippen LogP contribution < -0.4 is 5.32 Å². The summed E-state index contributed by atoms with van der Waals surface area (Å²) in [4.78, 5) is 4.27. The average molecular weight is 338 g/mol. The van der Waals surface area contributed by atoms with Gasteiger partial charge in [0.05, 0.1) is 11.8 Å². The van der Waals surface area contributed by atoms with Crippen molar-refractivity contribution in [3.05, 3.63) is 53.9 Å². The summed E-state index contributed by atoms with van der Waals surface area (Å²) in [6.07, 6.45) is 3.43. The zero-order valence-electron chi connectivity index (χ0n) is 12.8. The maximum atomic E-state index is 13.8. The highest BCUT2D eigenvalue weighted by atomic mass is 32.2. The largest absolute Gasteiger partial charge is 0.337 e. The van der Waals surface area contributed by atoms with E-state index in [9.17, 15) is 12.8 Å². The summed E-state index contributed by atoms with van der Waals surface area (Å²) in [6, 6.07) is 5.58. The Morgan fingerprint density at radius 3 is 2.87 bits per heavy atom. The lowest BCUT2D eigenvalue weighted by Crippen LogP contribution is -2.49. The van der Waals surface area contributed by atoms with Crippen molar-refractivity contribution in [2.24, 2.45) is 7.05 Å². The van der Waals surface area contributed by atoms with E-state index in [0.29, 0.717) is 25.5 Å². The third kappa shape index (κ3) is 3.29. The molecule has 6 nitrogen and oxygen atoms in total. The maximum absolute atomic E-state index is 13.8. The number of rotatable bonds is 4. The van der Waals surface area contributed by atoms with Crippen LogP contribution >= 0.6 is 0 Å². The van der Waals surface area contributed by atoms with Crippen molar-refractivity contribution in [3.8, 4) is 0 Å². The van der Waals surface area contributed by atoms with Gasteiger partial charge in [-0.3, -0.25) is 0 Å². The molecule has 1 aromatic carbocycles. The third-order valence-electron chi connectivity index (χ3n) is 4.00. The predicted octanol–water partition coefficient (Wildman–Crippen LogP) is 1.04. The number of nitrogens with zero attached hydrogens (tertiary/aromatic N) is 3. The minimum Gasteiger partial charge on any atom is -0.337 e. The van der Waals surface area contributed by atoms with E-state index < -0.39 is 15.8 Å². The van der Waals surface area contributed by atoms with Crippen LogP contribution in [0.25, 0.3) is 0 Å². The molecule has 0 aliphatic carbocycles. The van der Waals surface area contributed by atoms with Gasteiger partial charge in [0.1, 0.15) is 11.6 Å². The minimum atomic E-state index is -3.65. The first-order valence-corrected chi connectivity index (χ1v) is 9.01. The second kappa shape index (κ2) is 6.38. The minimum absolute atomic E-state index is 0.185. The molecule has 0 amide bonds. The smallest absolute Gasteiger partial charge is 0.219 e. The second-order valence-corrected chi connectivity index (χ2v) is 7.50. The number of hydrogen-bond acceptors (Lipinski definition) is 4. The Morgan fingerprint density at radius 1 is 1.39 bits per heavy atom. The Labute approximate surface area is 135 Å². The molecule has 0 saturated carbocycles. The van der Waals surface area contributed by atoms with Crippen LogP contribution in [0.4, 0.5) is 4.39 Å². The summed E-state index contributed by atoms with van der Waals surface area (Å²) >= 11 is 0. The predicted molar refractivity (Wildman–Crippen MR) is 84.5 cm³/mol. The quantitative estimate of drug-likeness (QED) is 0.904. The zero-order valence-corrected chi connectivity index (χ0v) is 13.6. The normalized spacial score (nSPS) is 19.8. The van der Waals surface area contributed by atoms with Crippen molar-refractivity contribution < 1.29 is 12.8 Å². The number of hydrogen-bond donors (Lipinski definition) is 1. The first-order chi connectivity index (χ1) is 11.0. The number of sulfonamides is 1. The third-order valence-corrected chi connectivity index (χ3v) is 5.83. The maximum Gasteiger partial charge on any atom is 0.219 e. The molecule has 1 aromatic heterocycles. The first kappa shape index (κ1) is 16.1. The van der Waals surface area contributed by atoms with Crippen molar-refractivity contribution >= 4 is 10.0 Å². The molecule has 1 unspecified atom stereocenters. The molecule has 1 aliphatic heterocycles. The van der Waals surface area contributed by atoms with E-state index in [1.54, 1.807) is 24.5 Å². The summed E-state index contributed by atoms with van der Waals surface area (Å²) in [5, 5.41) is 3.19. The molecule has 1 fully saturated rings. The summed E-state index contributed by atoms with van der Waals surface area (Å²) in [7, 11) is -1.82. The number of halogens is 1. The Kier molecular flexibility index (Phi) is 4.47. The van der Waals surface area contributed by atoms with Crippen molar-refractivity contribution in [2.75, 3.05) is 19.6 Å². The van der Waals surface area contributed by atoms with Gasteiger partial charge < -0.3 is 9.88 Å². The van der Waals surface area contributed by atoms with Gasteiger partial charge in [-0.25, -0.2) is 17.8 Å². The van der Waals surface area contributed by atoms with E-state index in [2.05, 4.69) is 10.3 Å². The van der Waals surface area contributed by atoms with Crippen molar-refractivity contribution in [1.29, 1.82) is 0 Å². The van der Waals surface area contributed by atoms with E-state index in [-0.39, 0.29) is 17.4 Å². The molecule has 2 heterocycles. The molecule has 23 heavy (non-hydrogen) atoms. The van der Waals surface area contributed by atoms with Crippen molar-refractivity contribution in [3.63, 3.8) is 0 Å². The number of aromatic nitrogens is 2. The molecule has 3 rings (SSSR count). The van der Waals surface area contributed by atoms with Crippen molar-refractivity contribution in [2.45, 2.75) is 11.8 Å². The summed E-state index contributed by atoms with van der Waals surface area (Å²) in [5.74, 6) is -0.172. The van der Waals surface area contributed by atoms with Gasteiger partial charge in [-0.15, -0.1) is 0 Å².